The lowest BCUT2D eigenvalue weighted by Gasteiger charge is -2.15. The van der Waals surface area contributed by atoms with E-state index in [0.29, 0.717) is 0 Å². The van der Waals surface area contributed by atoms with E-state index >= 15 is 0 Å². The predicted molar refractivity (Wildman–Crippen MR) is 75.9 cm³/mol. The van der Waals surface area contributed by atoms with Crippen molar-refractivity contribution < 1.29 is 4.79 Å². The lowest BCUT2D eigenvalue weighted by molar-refractivity contribution is 0.0937. The van der Waals surface area contributed by atoms with Crippen LogP contribution in [0.15, 0.2) is 18.2 Å². The van der Waals surface area contributed by atoms with E-state index in [2.05, 4.69) is 21.2 Å². The lowest BCUT2D eigenvalue weighted by Crippen LogP contribution is -2.33. The Kier molecular flexibility index (Phi) is 5.69. The molecule has 17 heavy (non-hydrogen) atoms. The van der Waals surface area contributed by atoms with Crippen molar-refractivity contribution in [3.8, 4) is 0 Å². The second-order valence-electron chi connectivity index (χ2n) is 4.45. The molecule has 1 rings (SSSR count). The van der Waals surface area contributed by atoms with Gasteiger partial charge >= 0.3 is 0 Å². The molecule has 0 spiro atoms. The van der Waals surface area contributed by atoms with Gasteiger partial charge < -0.3 is 5.32 Å². The number of carbonyl (C=O) groups is 1. The molecule has 1 amide bonds. The smallest absolute Gasteiger partial charge is 0.251 e. The average molecular weight is 298 g/mol. The van der Waals surface area contributed by atoms with Crippen molar-refractivity contribution in [2.45, 2.75) is 39.7 Å². The molecule has 1 unspecified atom stereocenters. The van der Waals surface area contributed by atoms with Gasteiger partial charge in [0.25, 0.3) is 5.91 Å². The zero-order chi connectivity index (χ0) is 12.8. The van der Waals surface area contributed by atoms with Crippen molar-refractivity contribution in [1.29, 1.82) is 0 Å². The number of alkyl halides is 1. The highest BCUT2D eigenvalue weighted by Crippen LogP contribution is 2.13. The molecule has 0 aromatic heterocycles. The van der Waals surface area contributed by atoms with Crippen molar-refractivity contribution in [2.24, 2.45) is 0 Å². The van der Waals surface area contributed by atoms with Gasteiger partial charge in [-0.25, -0.2) is 0 Å². The molecule has 0 heterocycles. The van der Waals surface area contributed by atoms with E-state index in [-0.39, 0.29) is 11.9 Å². The number of benzene rings is 1. The third-order valence-corrected chi connectivity index (χ3v) is 3.56. The molecule has 2 nitrogen and oxygen atoms in total. The van der Waals surface area contributed by atoms with E-state index in [9.17, 15) is 4.79 Å². The molecule has 1 aromatic carbocycles. The Bertz CT molecular complexity index is 390. The summed E-state index contributed by atoms with van der Waals surface area (Å²) in [5.74, 6) is 0.0354. The lowest BCUT2D eigenvalue weighted by atomic mass is 10.0. The van der Waals surface area contributed by atoms with Gasteiger partial charge in [-0.05, 0) is 50.8 Å². The van der Waals surface area contributed by atoms with Crippen LogP contribution in [-0.2, 0) is 0 Å². The molecular formula is C14H20BrNO. The summed E-state index contributed by atoms with van der Waals surface area (Å²) in [6.07, 6.45) is 2.08. The van der Waals surface area contributed by atoms with Crippen LogP contribution in [0.25, 0.3) is 0 Å². The van der Waals surface area contributed by atoms with Gasteiger partial charge in [0.15, 0.2) is 0 Å². The van der Waals surface area contributed by atoms with Crippen LogP contribution in [0.4, 0.5) is 0 Å². The van der Waals surface area contributed by atoms with Gasteiger partial charge in [-0.15, -0.1) is 0 Å². The van der Waals surface area contributed by atoms with Crippen LogP contribution in [0.1, 0.15) is 41.3 Å². The standard InChI is InChI=1S/C14H20BrNO/c1-10-6-4-8-13(12(10)3)14(17)16-11(2)7-5-9-15/h4,6,8,11H,5,7,9H2,1-3H3,(H,16,17). The zero-order valence-electron chi connectivity index (χ0n) is 10.7. The second-order valence-corrected chi connectivity index (χ2v) is 5.25. The predicted octanol–water partition coefficient (Wildman–Crippen LogP) is 3.60. The first-order chi connectivity index (χ1) is 8.06. The van der Waals surface area contributed by atoms with E-state index in [0.717, 1.165) is 34.9 Å². The zero-order valence-corrected chi connectivity index (χ0v) is 12.3. The minimum atomic E-state index is 0.0354. The first kappa shape index (κ1) is 14.2. The summed E-state index contributed by atoms with van der Waals surface area (Å²) in [7, 11) is 0. The van der Waals surface area contributed by atoms with Crippen LogP contribution < -0.4 is 5.32 Å². The fourth-order valence-electron chi connectivity index (χ4n) is 1.75. The fraction of sp³-hybridized carbons (Fsp3) is 0.500. The van der Waals surface area contributed by atoms with Crippen LogP contribution in [-0.4, -0.2) is 17.3 Å². The maximum Gasteiger partial charge on any atom is 0.251 e. The highest BCUT2D eigenvalue weighted by atomic mass is 79.9. The highest BCUT2D eigenvalue weighted by Gasteiger charge is 2.12. The molecule has 94 valence electrons. The van der Waals surface area contributed by atoms with Crippen LogP contribution >= 0.6 is 15.9 Å². The van der Waals surface area contributed by atoms with E-state index < -0.39 is 0 Å². The minimum absolute atomic E-state index is 0.0354. The Morgan fingerprint density at radius 2 is 2.12 bits per heavy atom. The molecule has 0 bridgehead atoms. The monoisotopic (exact) mass is 297 g/mol. The van der Waals surface area contributed by atoms with Crippen molar-refractivity contribution in [3.63, 3.8) is 0 Å². The van der Waals surface area contributed by atoms with Gasteiger partial charge in [-0.1, -0.05) is 28.1 Å². The Labute approximate surface area is 112 Å². The van der Waals surface area contributed by atoms with Crippen molar-refractivity contribution in [1.82, 2.24) is 5.32 Å². The summed E-state index contributed by atoms with van der Waals surface area (Å²) in [4.78, 5) is 12.1. The first-order valence-electron chi connectivity index (χ1n) is 5.99. The van der Waals surface area contributed by atoms with E-state index in [1.165, 1.54) is 0 Å². The van der Waals surface area contributed by atoms with Crippen LogP contribution in [0.3, 0.4) is 0 Å². The summed E-state index contributed by atoms with van der Waals surface area (Å²) >= 11 is 3.40. The average Bonchev–Trinajstić information content (AvgIpc) is 2.29. The molecule has 0 aliphatic rings. The van der Waals surface area contributed by atoms with Crippen LogP contribution in [0.5, 0.6) is 0 Å². The van der Waals surface area contributed by atoms with Gasteiger partial charge in [-0.3, -0.25) is 4.79 Å². The summed E-state index contributed by atoms with van der Waals surface area (Å²) in [6, 6.07) is 6.07. The largest absolute Gasteiger partial charge is 0.350 e. The minimum Gasteiger partial charge on any atom is -0.350 e. The summed E-state index contributed by atoms with van der Waals surface area (Å²) < 4.78 is 0. The molecule has 1 atom stereocenters. The molecule has 0 radical (unpaired) electrons. The van der Waals surface area contributed by atoms with Crippen molar-refractivity contribution in [2.75, 3.05) is 5.33 Å². The Morgan fingerprint density at radius 3 is 2.76 bits per heavy atom. The number of amides is 1. The molecule has 3 heteroatoms. The Hall–Kier alpha value is -0.830. The molecular weight excluding hydrogens is 278 g/mol. The molecule has 1 N–H and O–H groups in total. The molecule has 1 aromatic rings. The van der Waals surface area contributed by atoms with Gasteiger partial charge in [-0.2, -0.15) is 0 Å². The van der Waals surface area contributed by atoms with Gasteiger partial charge in [0.05, 0.1) is 0 Å². The first-order valence-corrected chi connectivity index (χ1v) is 7.11. The molecule has 0 saturated carbocycles. The topological polar surface area (TPSA) is 29.1 Å². The number of hydrogen-bond acceptors (Lipinski definition) is 1. The number of nitrogens with one attached hydrogen (secondary N) is 1. The van der Waals surface area contributed by atoms with Gasteiger partial charge in [0.1, 0.15) is 0 Å². The van der Waals surface area contributed by atoms with Crippen molar-refractivity contribution in [3.05, 3.63) is 34.9 Å². The maximum atomic E-state index is 12.1. The van der Waals surface area contributed by atoms with Gasteiger partial charge in [0.2, 0.25) is 0 Å². The SMILES string of the molecule is Cc1cccc(C(=O)NC(C)CCCBr)c1C. The number of hydrogen-bond donors (Lipinski definition) is 1. The van der Waals surface area contributed by atoms with Crippen LogP contribution in [0.2, 0.25) is 0 Å². The normalized spacial score (nSPS) is 12.2. The van der Waals surface area contributed by atoms with E-state index in [1.807, 2.05) is 39.0 Å². The quantitative estimate of drug-likeness (QED) is 0.827. The Morgan fingerprint density at radius 1 is 1.41 bits per heavy atom. The third kappa shape index (κ3) is 4.15. The number of rotatable bonds is 5. The molecule has 0 fully saturated rings. The molecule has 0 aliphatic heterocycles. The fourth-order valence-corrected chi connectivity index (χ4v) is 2.08. The molecule has 0 aliphatic carbocycles. The van der Waals surface area contributed by atoms with Crippen LogP contribution in [0, 0.1) is 13.8 Å². The summed E-state index contributed by atoms with van der Waals surface area (Å²) in [5, 5.41) is 4.02. The third-order valence-electron chi connectivity index (χ3n) is 3.00. The second kappa shape index (κ2) is 6.80. The number of aryl methyl sites for hydroxylation is 1. The van der Waals surface area contributed by atoms with E-state index in [4.69, 9.17) is 0 Å². The van der Waals surface area contributed by atoms with Crippen molar-refractivity contribution >= 4 is 21.8 Å². The highest BCUT2D eigenvalue weighted by molar-refractivity contribution is 9.09. The number of halogens is 1. The van der Waals surface area contributed by atoms with E-state index in [1.54, 1.807) is 0 Å². The number of carbonyl (C=O) groups excluding carboxylic acids is 1. The maximum absolute atomic E-state index is 12.1. The van der Waals surface area contributed by atoms with Gasteiger partial charge in [0, 0.05) is 16.9 Å². The Balaban J connectivity index is 2.67. The molecule has 0 saturated heterocycles. The summed E-state index contributed by atoms with van der Waals surface area (Å²) in [5.41, 5.74) is 3.01. The summed E-state index contributed by atoms with van der Waals surface area (Å²) in [6.45, 7) is 6.07.